The first-order chi connectivity index (χ1) is 13.2. The Morgan fingerprint density at radius 2 is 2.00 bits per heavy atom. The highest BCUT2D eigenvalue weighted by atomic mass is 16.5. The van der Waals surface area contributed by atoms with E-state index in [9.17, 15) is 9.59 Å². The Labute approximate surface area is 160 Å². The van der Waals surface area contributed by atoms with E-state index in [1.807, 2.05) is 30.3 Å². The SMILES string of the molecule is O=C1CC[C@]2(C(=O)NCc3ccccc3)CN(C3CCOCC3)CC[C@H]2N1. The maximum absolute atomic E-state index is 13.3. The zero-order valence-corrected chi connectivity index (χ0v) is 15.8. The van der Waals surface area contributed by atoms with Crippen LogP contribution in [0.2, 0.25) is 0 Å². The fourth-order valence-corrected chi connectivity index (χ4v) is 4.85. The van der Waals surface area contributed by atoms with E-state index in [1.165, 1.54) is 0 Å². The zero-order valence-electron chi connectivity index (χ0n) is 15.8. The molecule has 3 fully saturated rings. The largest absolute Gasteiger partial charge is 0.381 e. The summed E-state index contributed by atoms with van der Waals surface area (Å²) in [6.45, 7) is 3.79. The van der Waals surface area contributed by atoms with Crippen molar-refractivity contribution in [2.24, 2.45) is 5.41 Å². The molecule has 3 aliphatic heterocycles. The number of carbonyl (C=O) groups is 2. The molecular weight excluding hydrogens is 342 g/mol. The minimum Gasteiger partial charge on any atom is -0.381 e. The molecule has 0 aromatic heterocycles. The van der Waals surface area contributed by atoms with Crippen molar-refractivity contribution in [3.8, 4) is 0 Å². The number of hydrogen-bond acceptors (Lipinski definition) is 4. The predicted molar refractivity (Wildman–Crippen MR) is 102 cm³/mol. The van der Waals surface area contributed by atoms with E-state index in [1.54, 1.807) is 0 Å². The maximum atomic E-state index is 13.3. The number of fused-ring (bicyclic) bond motifs is 1. The number of nitrogens with one attached hydrogen (secondary N) is 2. The number of rotatable bonds is 4. The van der Waals surface area contributed by atoms with Crippen LogP contribution in [0.25, 0.3) is 0 Å². The minimum atomic E-state index is -0.529. The summed E-state index contributed by atoms with van der Waals surface area (Å²) in [6, 6.07) is 10.4. The highest BCUT2D eigenvalue weighted by molar-refractivity contribution is 5.88. The minimum absolute atomic E-state index is 0.0642. The van der Waals surface area contributed by atoms with E-state index in [0.29, 0.717) is 25.4 Å². The van der Waals surface area contributed by atoms with Gasteiger partial charge in [-0.1, -0.05) is 30.3 Å². The van der Waals surface area contributed by atoms with Gasteiger partial charge in [0.25, 0.3) is 0 Å². The molecule has 27 heavy (non-hydrogen) atoms. The van der Waals surface area contributed by atoms with Gasteiger partial charge in [0.1, 0.15) is 0 Å². The molecule has 0 bridgehead atoms. The zero-order chi connectivity index (χ0) is 18.7. The number of amides is 2. The van der Waals surface area contributed by atoms with Crippen molar-refractivity contribution >= 4 is 11.8 Å². The molecule has 6 nitrogen and oxygen atoms in total. The molecule has 6 heteroatoms. The van der Waals surface area contributed by atoms with E-state index < -0.39 is 5.41 Å². The lowest BCUT2D eigenvalue weighted by atomic mass is 9.68. The molecule has 3 aliphatic rings. The number of hydrogen-bond donors (Lipinski definition) is 2. The third kappa shape index (κ3) is 3.87. The van der Waals surface area contributed by atoms with Crippen LogP contribution in [0.3, 0.4) is 0 Å². The van der Waals surface area contributed by atoms with Gasteiger partial charge in [-0.2, -0.15) is 0 Å². The Morgan fingerprint density at radius 3 is 2.78 bits per heavy atom. The van der Waals surface area contributed by atoms with Crippen molar-refractivity contribution in [2.45, 2.75) is 50.7 Å². The second kappa shape index (κ2) is 7.98. The predicted octanol–water partition coefficient (Wildman–Crippen LogP) is 1.45. The van der Waals surface area contributed by atoms with Crippen LogP contribution in [-0.2, 0) is 20.9 Å². The number of likely N-dealkylation sites (tertiary alicyclic amines) is 1. The molecule has 2 atom stereocenters. The van der Waals surface area contributed by atoms with Crippen molar-refractivity contribution in [1.82, 2.24) is 15.5 Å². The molecule has 3 saturated heterocycles. The summed E-state index contributed by atoms with van der Waals surface area (Å²) in [5.74, 6) is 0.152. The highest BCUT2D eigenvalue weighted by Gasteiger charge is 2.52. The summed E-state index contributed by atoms with van der Waals surface area (Å²) >= 11 is 0. The first-order valence-corrected chi connectivity index (χ1v) is 10.1. The van der Waals surface area contributed by atoms with Crippen LogP contribution < -0.4 is 10.6 Å². The van der Waals surface area contributed by atoms with Gasteiger partial charge >= 0.3 is 0 Å². The summed E-state index contributed by atoms with van der Waals surface area (Å²) in [6.07, 6.45) is 3.94. The smallest absolute Gasteiger partial charge is 0.229 e. The van der Waals surface area contributed by atoms with E-state index in [0.717, 1.165) is 51.1 Å². The highest BCUT2D eigenvalue weighted by Crippen LogP contribution is 2.39. The lowest BCUT2D eigenvalue weighted by Crippen LogP contribution is -2.67. The van der Waals surface area contributed by atoms with E-state index in [4.69, 9.17) is 4.74 Å². The Bertz CT molecular complexity index is 675. The summed E-state index contributed by atoms with van der Waals surface area (Å²) in [5, 5.41) is 6.27. The third-order valence-corrected chi connectivity index (χ3v) is 6.45. The summed E-state index contributed by atoms with van der Waals surface area (Å²) < 4.78 is 5.51. The van der Waals surface area contributed by atoms with Gasteiger partial charge in [-0.3, -0.25) is 14.5 Å². The fraction of sp³-hybridized carbons (Fsp3) is 0.619. The fourth-order valence-electron chi connectivity index (χ4n) is 4.85. The Balaban J connectivity index is 1.50. The molecule has 0 spiro atoms. The van der Waals surface area contributed by atoms with Gasteiger partial charge in [0.15, 0.2) is 0 Å². The van der Waals surface area contributed by atoms with Crippen LogP contribution in [0.1, 0.15) is 37.7 Å². The van der Waals surface area contributed by atoms with Crippen LogP contribution in [0, 0.1) is 5.41 Å². The quantitative estimate of drug-likeness (QED) is 0.841. The average molecular weight is 371 g/mol. The van der Waals surface area contributed by atoms with E-state index in [2.05, 4.69) is 15.5 Å². The van der Waals surface area contributed by atoms with Crippen LogP contribution >= 0.6 is 0 Å². The molecule has 0 saturated carbocycles. The van der Waals surface area contributed by atoms with Crippen molar-refractivity contribution in [3.63, 3.8) is 0 Å². The monoisotopic (exact) mass is 371 g/mol. The second-order valence-electron chi connectivity index (χ2n) is 8.05. The molecular formula is C21H29N3O3. The van der Waals surface area contributed by atoms with E-state index in [-0.39, 0.29) is 17.9 Å². The Hall–Kier alpha value is -1.92. The van der Waals surface area contributed by atoms with Crippen molar-refractivity contribution in [2.75, 3.05) is 26.3 Å². The summed E-state index contributed by atoms with van der Waals surface area (Å²) in [7, 11) is 0. The van der Waals surface area contributed by atoms with Crippen LogP contribution in [0.15, 0.2) is 30.3 Å². The first kappa shape index (κ1) is 18.4. The van der Waals surface area contributed by atoms with Crippen molar-refractivity contribution in [1.29, 1.82) is 0 Å². The molecule has 1 aromatic rings. The van der Waals surface area contributed by atoms with Gasteiger partial charge in [-0.25, -0.2) is 0 Å². The standard InChI is InChI=1S/C21H29N3O3/c25-19-6-10-21(20(26)22-14-16-4-2-1-3-5-16)15-24(11-7-18(21)23-19)17-8-12-27-13-9-17/h1-5,17-18H,6-15H2,(H,22,26)(H,23,25)/t18-,21+/m1/s1. The first-order valence-electron chi connectivity index (χ1n) is 10.1. The molecule has 2 amide bonds. The average Bonchev–Trinajstić information content (AvgIpc) is 2.73. The normalized spacial score (nSPS) is 29.6. The number of ether oxygens (including phenoxy) is 1. The molecule has 0 radical (unpaired) electrons. The van der Waals surface area contributed by atoms with Crippen molar-refractivity contribution in [3.05, 3.63) is 35.9 Å². The van der Waals surface area contributed by atoms with Crippen LogP contribution in [-0.4, -0.2) is 55.1 Å². The van der Waals surface area contributed by atoms with Gasteiger partial charge in [0.2, 0.25) is 11.8 Å². The Kier molecular flexibility index (Phi) is 5.45. The molecule has 1 aromatic carbocycles. The summed E-state index contributed by atoms with van der Waals surface area (Å²) in [4.78, 5) is 27.8. The van der Waals surface area contributed by atoms with Gasteiger partial charge in [0, 0.05) is 51.4 Å². The van der Waals surface area contributed by atoms with Crippen LogP contribution in [0.4, 0.5) is 0 Å². The van der Waals surface area contributed by atoms with Crippen LogP contribution in [0.5, 0.6) is 0 Å². The molecule has 146 valence electrons. The van der Waals surface area contributed by atoms with E-state index >= 15 is 0 Å². The molecule has 4 rings (SSSR count). The van der Waals surface area contributed by atoms with Gasteiger partial charge in [-0.15, -0.1) is 0 Å². The molecule has 0 unspecified atom stereocenters. The lowest BCUT2D eigenvalue weighted by molar-refractivity contribution is -0.145. The summed E-state index contributed by atoms with van der Waals surface area (Å²) in [5.41, 5.74) is 0.565. The maximum Gasteiger partial charge on any atom is 0.229 e. The van der Waals surface area contributed by atoms with Gasteiger partial charge < -0.3 is 15.4 Å². The van der Waals surface area contributed by atoms with Gasteiger partial charge in [0.05, 0.1) is 5.41 Å². The number of nitrogens with zero attached hydrogens (tertiary/aromatic N) is 1. The number of piperidine rings is 2. The number of benzene rings is 1. The topological polar surface area (TPSA) is 70.7 Å². The third-order valence-electron chi connectivity index (χ3n) is 6.45. The molecule has 3 heterocycles. The molecule has 0 aliphatic carbocycles. The second-order valence-corrected chi connectivity index (χ2v) is 8.05. The Morgan fingerprint density at radius 1 is 1.22 bits per heavy atom. The number of carbonyl (C=O) groups excluding carboxylic acids is 2. The lowest BCUT2D eigenvalue weighted by Gasteiger charge is -2.51. The van der Waals surface area contributed by atoms with Gasteiger partial charge in [-0.05, 0) is 31.2 Å². The van der Waals surface area contributed by atoms with Crippen molar-refractivity contribution < 1.29 is 14.3 Å². The molecule has 2 N–H and O–H groups in total.